The Morgan fingerprint density at radius 1 is 1.50 bits per heavy atom. The van der Waals surface area contributed by atoms with Crippen LogP contribution in [0.15, 0.2) is 12.1 Å². The first-order valence-corrected chi connectivity index (χ1v) is 3.56. The van der Waals surface area contributed by atoms with E-state index in [9.17, 15) is 9.50 Å². The Morgan fingerprint density at radius 2 is 2.08 bits per heavy atom. The third-order valence-electron chi connectivity index (χ3n) is 1.53. The number of aromatic nitrogens is 1. The number of pyridine rings is 1. The van der Waals surface area contributed by atoms with E-state index in [0.717, 1.165) is 0 Å². The molecule has 0 amide bonds. The predicted molar refractivity (Wildman–Crippen MR) is 43.9 cm³/mol. The minimum absolute atomic E-state index is 0.112. The third-order valence-corrected chi connectivity index (χ3v) is 1.53. The fraction of sp³-hybridized carbons (Fsp3) is 0.375. The molecule has 0 fully saturated rings. The summed E-state index contributed by atoms with van der Waals surface area (Å²) in [5.41, 5.74) is 4.17. The van der Waals surface area contributed by atoms with Crippen LogP contribution in [-0.4, -0.2) is 10.1 Å². The first-order chi connectivity index (χ1) is 5.41. The van der Waals surface area contributed by atoms with Crippen LogP contribution in [0.4, 0.5) is 10.2 Å². The Labute approximate surface area is 70.0 Å². The average molecular weight is 170 g/mol. The quantitative estimate of drug-likeness (QED) is 0.619. The zero-order chi connectivity index (χ0) is 9.35. The van der Waals surface area contributed by atoms with Crippen molar-refractivity contribution in [2.24, 2.45) is 0 Å². The summed E-state index contributed by atoms with van der Waals surface area (Å²) in [7, 11) is 0. The molecule has 0 saturated carbocycles. The highest BCUT2D eigenvalue weighted by molar-refractivity contribution is 5.32. The van der Waals surface area contributed by atoms with Gasteiger partial charge in [0.05, 0.1) is 5.60 Å². The van der Waals surface area contributed by atoms with Gasteiger partial charge in [-0.25, -0.2) is 4.98 Å². The fourth-order valence-electron chi connectivity index (χ4n) is 0.905. The molecule has 0 bridgehead atoms. The van der Waals surface area contributed by atoms with Crippen molar-refractivity contribution in [1.29, 1.82) is 0 Å². The first-order valence-electron chi connectivity index (χ1n) is 3.56. The number of aliphatic hydroxyl groups is 1. The summed E-state index contributed by atoms with van der Waals surface area (Å²) in [4.78, 5) is 3.39. The molecule has 0 saturated heterocycles. The third kappa shape index (κ3) is 1.71. The first kappa shape index (κ1) is 8.93. The lowest BCUT2D eigenvalue weighted by atomic mass is 10.0. The maximum Gasteiger partial charge on any atom is 0.220 e. The molecule has 0 atom stereocenters. The Hall–Kier alpha value is -1.16. The molecule has 0 aromatic carbocycles. The molecule has 0 radical (unpaired) electrons. The van der Waals surface area contributed by atoms with E-state index in [1.54, 1.807) is 0 Å². The summed E-state index contributed by atoms with van der Waals surface area (Å²) in [5, 5.41) is 9.44. The number of rotatable bonds is 1. The highest BCUT2D eigenvalue weighted by Gasteiger charge is 2.21. The van der Waals surface area contributed by atoms with Gasteiger partial charge in [0.1, 0.15) is 5.82 Å². The monoisotopic (exact) mass is 170 g/mol. The number of hydrogen-bond acceptors (Lipinski definition) is 3. The molecule has 66 valence electrons. The largest absolute Gasteiger partial charge is 0.386 e. The van der Waals surface area contributed by atoms with Gasteiger partial charge in [-0.3, -0.25) is 0 Å². The van der Waals surface area contributed by atoms with Crippen molar-refractivity contribution in [2.75, 3.05) is 5.73 Å². The molecule has 0 aliphatic heterocycles. The number of anilines is 1. The summed E-state index contributed by atoms with van der Waals surface area (Å²) in [5.74, 6) is -0.608. The van der Waals surface area contributed by atoms with Gasteiger partial charge in [-0.1, -0.05) is 0 Å². The molecule has 0 aliphatic rings. The van der Waals surface area contributed by atoms with E-state index < -0.39 is 11.5 Å². The van der Waals surface area contributed by atoms with Crippen LogP contribution < -0.4 is 5.73 Å². The topological polar surface area (TPSA) is 59.1 Å². The zero-order valence-corrected chi connectivity index (χ0v) is 7.00. The van der Waals surface area contributed by atoms with Gasteiger partial charge in [0.2, 0.25) is 5.95 Å². The molecule has 3 nitrogen and oxygen atoms in total. The Balaban J connectivity index is 3.19. The Kier molecular flexibility index (Phi) is 2.02. The van der Waals surface area contributed by atoms with Crippen LogP contribution in [0.1, 0.15) is 19.4 Å². The van der Waals surface area contributed by atoms with Gasteiger partial charge in [-0.2, -0.15) is 4.39 Å². The Morgan fingerprint density at radius 3 is 2.50 bits per heavy atom. The van der Waals surface area contributed by atoms with Crippen LogP contribution in [0.2, 0.25) is 0 Å². The summed E-state index contributed by atoms with van der Waals surface area (Å²) >= 11 is 0. The molecular formula is C8H11FN2O. The van der Waals surface area contributed by atoms with Crippen LogP contribution in [0.3, 0.4) is 0 Å². The van der Waals surface area contributed by atoms with Gasteiger partial charge in [-0.05, 0) is 26.0 Å². The molecule has 1 heterocycles. The second-order valence-corrected chi connectivity index (χ2v) is 3.13. The molecular weight excluding hydrogens is 159 g/mol. The number of hydrogen-bond donors (Lipinski definition) is 2. The van der Waals surface area contributed by atoms with E-state index in [-0.39, 0.29) is 11.4 Å². The lowest BCUT2D eigenvalue weighted by molar-refractivity contribution is 0.0737. The van der Waals surface area contributed by atoms with E-state index >= 15 is 0 Å². The van der Waals surface area contributed by atoms with Crippen LogP contribution in [0, 0.1) is 5.95 Å². The van der Waals surface area contributed by atoms with Gasteiger partial charge in [0, 0.05) is 5.56 Å². The van der Waals surface area contributed by atoms with Crippen LogP contribution in [-0.2, 0) is 5.60 Å². The van der Waals surface area contributed by atoms with Gasteiger partial charge in [0.15, 0.2) is 0 Å². The highest BCUT2D eigenvalue weighted by Crippen LogP contribution is 2.21. The second kappa shape index (κ2) is 2.71. The lowest BCUT2D eigenvalue weighted by Crippen LogP contribution is -2.18. The van der Waals surface area contributed by atoms with E-state index in [2.05, 4.69) is 4.98 Å². The molecule has 1 aromatic heterocycles. The molecule has 4 heteroatoms. The smallest absolute Gasteiger partial charge is 0.220 e. The van der Waals surface area contributed by atoms with Crippen LogP contribution in [0.5, 0.6) is 0 Å². The van der Waals surface area contributed by atoms with E-state index in [1.807, 2.05) is 0 Å². The molecule has 12 heavy (non-hydrogen) atoms. The van der Waals surface area contributed by atoms with Crippen LogP contribution in [0.25, 0.3) is 0 Å². The van der Waals surface area contributed by atoms with Crippen molar-refractivity contribution in [2.45, 2.75) is 19.4 Å². The zero-order valence-electron chi connectivity index (χ0n) is 7.00. The molecule has 1 aromatic rings. The fourth-order valence-corrected chi connectivity index (χ4v) is 0.905. The second-order valence-electron chi connectivity index (χ2n) is 3.13. The lowest BCUT2D eigenvalue weighted by Gasteiger charge is -2.17. The van der Waals surface area contributed by atoms with E-state index in [1.165, 1.54) is 26.0 Å². The number of halogens is 1. The number of nitrogens with zero attached hydrogens (tertiary/aromatic N) is 1. The molecule has 0 unspecified atom stereocenters. The van der Waals surface area contributed by atoms with Gasteiger partial charge in [0.25, 0.3) is 0 Å². The number of nitrogen functional groups attached to an aromatic ring is 1. The van der Waals surface area contributed by atoms with Gasteiger partial charge >= 0.3 is 0 Å². The maximum absolute atomic E-state index is 13.0. The Bertz CT molecular complexity index is 294. The summed E-state index contributed by atoms with van der Waals surface area (Å²) in [6.07, 6.45) is 0. The van der Waals surface area contributed by atoms with Crippen LogP contribution >= 0.6 is 0 Å². The minimum atomic E-state index is -1.22. The number of nitrogens with two attached hydrogens (primary N) is 1. The highest BCUT2D eigenvalue weighted by atomic mass is 19.1. The standard InChI is InChI=1S/C8H11FN2O/c1-8(2,12)5-3-4-6(10)11-7(5)9/h3-4,12H,1-2H3,(H2,10,11). The minimum Gasteiger partial charge on any atom is -0.386 e. The van der Waals surface area contributed by atoms with Crippen molar-refractivity contribution < 1.29 is 9.50 Å². The van der Waals surface area contributed by atoms with E-state index in [0.29, 0.717) is 0 Å². The molecule has 1 rings (SSSR count). The SMILES string of the molecule is CC(C)(O)c1ccc(N)nc1F. The normalized spacial score (nSPS) is 11.7. The average Bonchev–Trinajstić information content (AvgIpc) is 1.83. The van der Waals surface area contributed by atoms with Crippen molar-refractivity contribution in [1.82, 2.24) is 4.98 Å². The predicted octanol–water partition coefficient (Wildman–Crippen LogP) is 1.03. The van der Waals surface area contributed by atoms with Crippen molar-refractivity contribution >= 4 is 5.82 Å². The molecule has 3 N–H and O–H groups in total. The van der Waals surface area contributed by atoms with E-state index in [4.69, 9.17) is 5.73 Å². The molecule has 0 aliphatic carbocycles. The maximum atomic E-state index is 13.0. The van der Waals surface area contributed by atoms with Gasteiger partial charge < -0.3 is 10.8 Å². The van der Waals surface area contributed by atoms with Crippen molar-refractivity contribution in [3.8, 4) is 0 Å². The summed E-state index contributed by atoms with van der Waals surface area (Å²) < 4.78 is 13.0. The molecule has 0 spiro atoms. The van der Waals surface area contributed by atoms with Crippen molar-refractivity contribution in [3.05, 3.63) is 23.6 Å². The van der Waals surface area contributed by atoms with Gasteiger partial charge in [-0.15, -0.1) is 0 Å². The summed E-state index contributed by atoms with van der Waals surface area (Å²) in [6, 6.07) is 2.88. The van der Waals surface area contributed by atoms with Crippen molar-refractivity contribution in [3.63, 3.8) is 0 Å². The summed E-state index contributed by atoms with van der Waals surface area (Å²) in [6.45, 7) is 2.98.